The van der Waals surface area contributed by atoms with Gasteiger partial charge in [-0.2, -0.15) is 4.98 Å². The zero-order valence-corrected chi connectivity index (χ0v) is 10.4. The van der Waals surface area contributed by atoms with Gasteiger partial charge < -0.3 is 10.3 Å². The molecule has 0 aliphatic heterocycles. The van der Waals surface area contributed by atoms with Gasteiger partial charge in [0.15, 0.2) is 5.82 Å². The average Bonchev–Trinajstić information content (AvgIpc) is 2.93. The Morgan fingerprint density at radius 2 is 2.22 bits per heavy atom. The normalized spacial score (nSPS) is 13.1. The highest BCUT2D eigenvalue weighted by Crippen LogP contribution is 2.33. The molecule has 0 spiro atoms. The molecule has 4 nitrogen and oxygen atoms in total. The van der Waals surface area contributed by atoms with Crippen molar-refractivity contribution in [3.05, 3.63) is 35.9 Å². The third-order valence-corrected chi connectivity index (χ3v) is 3.63. The van der Waals surface area contributed by atoms with Crippen molar-refractivity contribution in [3.8, 4) is 10.8 Å². The van der Waals surface area contributed by atoms with E-state index in [1.807, 2.05) is 6.07 Å². The van der Waals surface area contributed by atoms with Crippen molar-refractivity contribution in [2.24, 2.45) is 5.73 Å². The van der Waals surface area contributed by atoms with Crippen molar-refractivity contribution in [2.45, 2.75) is 13.0 Å². The first-order chi connectivity index (χ1) is 8.63. The number of aromatic nitrogens is 2. The van der Waals surface area contributed by atoms with Crippen LogP contribution in [0.5, 0.6) is 0 Å². The molecule has 18 heavy (non-hydrogen) atoms. The Bertz CT molecular complexity index is 704. The lowest BCUT2D eigenvalue weighted by atomic mass is 10.2. The van der Waals surface area contributed by atoms with E-state index in [-0.39, 0.29) is 11.9 Å². The van der Waals surface area contributed by atoms with E-state index in [0.717, 1.165) is 15.0 Å². The Labute approximate surface area is 106 Å². The molecule has 6 heteroatoms. The van der Waals surface area contributed by atoms with Gasteiger partial charge in [-0.1, -0.05) is 11.2 Å². The predicted octanol–water partition coefficient (Wildman–Crippen LogP) is 3.11. The van der Waals surface area contributed by atoms with Crippen LogP contribution in [-0.4, -0.2) is 10.1 Å². The number of fused-ring (bicyclic) bond motifs is 1. The van der Waals surface area contributed by atoms with Crippen LogP contribution in [0, 0.1) is 5.82 Å². The molecular weight excluding hydrogens is 253 g/mol. The molecule has 2 aromatic heterocycles. The molecule has 1 atom stereocenters. The number of nitrogens with zero attached hydrogens (tertiary/aromatic N) is 2. The number of hydrogen-bond donors (Lipinski definition) is 1. The maximum Gasteiger partial charge on any atom is 0.268 e. The van der Waals surface area contributed by atoms with E-state index in [9.17, 15) is 4.39 Å². The molecule has 1 unspecified atom stereocenters. The van der Waals surface area contributed by atoms with Gasteiger partial charge in [-0.25, -0.2) is 4.39 Å². The van der Waals surface area contributed by atoms with Gasteiger partial charge in [-0.05, 0) is 30.5 Å². The van der Waals surface area contributed by atoms with Crippen LogP contribution in [0.25, 0.3) is 20.9 Å². The molecule has 0 saturated heterocycles. The smallest absolute Gasteiger partial charge is 0.268 e. The monoisotopic (exact) mass is 263 g/mol. The van der Waals surface area contributed by atoms with Crippen molar-refractivity contribution >= 4 is 21.4 Å². The van der Waals surface area contributed by atoms with E-state index in [1.54, 1.807) is 13.0 Å². The fourth-order valence-corrected chi connectivity index (χ4v) is 2.64. The van der Waals surface area contributed by atoms with Gasteiger partial charge in [-0.15, -0.1) is 11.3 Å². The third kappa shape index (κ3) is 1.89. The Morgan fingerprint density at radius 1 is 1.39 bits per heavy atom. The van der Waals surface area contributed by atoms with Crippen molar-refractivity contribution in [1.82, 2.24) is 10.1 Å². The van der Waals surface area contributed by atoms with Crippen molar-refractivity contribution in [2.75, 3.05) is 0 Å². The second-order valence-corrected chi connectivity index (χ2v) is 5.12. The summed E-state index contributed by atoms with van der Waals surface area (Å²) in [4.78, 5) is 5.03. The van der Waals surface area contributed by atoms with E-state index in [2.05, 4.69) is 10.1 Å². The second kappa shape index (κ2) is 4.15. The lowest BCUT2D eigenvalue weighted by Crippen LogP contribution is -2.06. The van der Waals surface area contributed by atoms with E-state index in [4.69, 9.17) is 10.3 Å². The standard InChI is InChI=1S/C12H10FN3OS/c1-6(14)11-15-12(17-16-11)10-4-7-2-3-8(13)5-9(7)18-10/h2-6H,14H2,1H3. The predicted molar refractivity (Wildman–Crippen MR) is 67.7 cm³/mol. The van der Waals surface area contributed by atoms with Gasteiger partial charge >= 0.3 is 0 Å². The maximum atomic E-state index is 13.1. The number of nitrogens with two attached hydrogens (primary N) is 1. The molecule has 3 rings (SSSR count). The molecule has 0 aliphatic rings. The molecule has 0 bridgehead atoms. The largest absolute Gasteiger partial charge is 0.333 e. The van der Waals surface area contributed by atoms with Gasteiger partial charge in [-0.3, -0.25) is 0 Å². The van der Waals surface area contributed by atoms with Crippen LogP contribution in [0.15, 0.2) is 28.8 Å². The van der Waals surface area contributed by atoms with Gasteiger partial charge in [0.05, 0.1) is 10.9 Å². The van der Waals surface area contributed by atoms with Gasteiger partial charge in [0, 0.05) is 4.70 Å². The summed E-state index contributed by atoms with van der Waals surface area (Å²) in [6, 6.07) is 6.28. The maximum absolute atomic E-state index is 13.1. The molecule has 92 valence electrons. The minimum atomic E-state index is -0.269. The van der Waals surface area contributed by atoms with Crippen LogP contribution in [0.3, 0.4) is 0 Å². The highest BCUT2D eigenvalue weighted by molar-refractivity contribution is 7.22. The quantitative estimate of drug-likeness (QED) is 0.771. The topological polar surface area (TPSA) is 64.9 Å². The number of halogens is 1. The molecule has 0 radical (unpaired) electrons. The minimum absolute atomic E-state index is 0.252. The summed E-state index contributed by atoms with van der Waals surface area (Å²) in [5, 5.41) is 4.76. The molecule has 0 amide bonds. The Hall–Kier alpha value is -1.79. The zero-order valence-electron chi connectivity index (χ0n) is 9.55. The summed E-state index contributed by atoms with van der Waals surface area (Å²) in [7, 11) is 0. The second-order valence-electron chi connectivity index (χ2n) is 4.04. The molecule has 2 N–H and O–H groups in total. The van der Waals surface area contributed by atoms with E-state index in [1.165, 1.54) is 23.5 Å². The van der Waals surface area contributed by atoms with Crippen LogP contribution in [0.2, 0.25) is 0 Å². The fourth-order valence-electron chi connectivity index (χ4n) is 1.63. The summed E-state index contributed by atoms with van der Waals surface area (Å²) in [5.74, 6) is 0.634. The van der Waals surface area contributed by atoms with Crippen molar-refractivity contribution in [1.29, 1.82) is 0 Å². The highest BCUT2D eigenvalue weighted by Gasteiger charge is 2.14. The molecule has 2 heterocycles. The molecule has 1 aromatic carbocycles. The van der Waals surface area contributed by atoms with Gasteiger partial charge in [0.25, 0.3) is 5.89 Å². The fraction of sp³-hybridized carbons (Fsp3) is 0.167. The Kier molecular flexibility index (Phi) is 2.61. The first-order valence-corrected chi connectivity index (χ1v) is 6.24. The van der Waals surface area contributed by atoms with Crippen molar-refractivity contribution < 1.29 is 8.91 Å². The number of rotatable bonds is 2. The lowest BCUT2D eigenvalue weighted by Gasteiger charge is -1.92. The SMILES string of the molecule is CC(N)c1noc(-c2cc3ccc(F)cc3s2)n1. The van der Waals surface area contributed by atoms with Crippen LogP contribution in [0.1, 0.15) is 18.8 Å². The molecule has 0 aliphatic carbocycles. The minimum Gasteiger partial charge on any atom is -0.333 e. The summed E-state index contributed by atoms with van der Waals surface area (Å²) >= 11 is 1.41. The average molecular weight is 263 g/mol. The summed E-state index contributed by atoms with van der Waals surface area (Å²) < 4.78 is 19.1. The molecule has 0 saturated carbocycles. The van der Waals surface area contributed by atoms with Gasteiger partial charge in [0.1, 0.15) is 5.82 Å². The number of thiophene rings is 1. The highest BCUT2D eigenvalue weighted by atomic mass is 32.1. The number of benzene rings is 1. The van der Waals surface area contributed by atoms with E-state index in [0.29, 0.717) is 11.7 Å². The van der Waals surface area contributed by atoms with E-state index >= 15 is 0 Å². The molecule has 3 aromatic rings. The summed E-state index contributed by atoms with van der Waals surface area (Å²) in [6.45, 7) is 1.79. The summed E-state index contributed by atoms with van der Waals surface area (Å²) in [6.07, 6.45) is 0. The van der Waals surface area contributed by atoms with E-state index < -0.39 is 0 Å². The van der Waals surface area contributed by atoms with Gasteiger partial charge in [0.2, 0.25) is 0 Å². The van der Waals surface area contributed by atoms with Crippen LogP contribution >= 0.6 is 11.3 Å². The first kappa shape index (κ1) is 11.3. The summed E-state index contributed by atoms with van der Waals surface area (Å²) in [5.41, 5.74) is 5.67. The Balaban J connectivity index is 2.07. The third-order valence-electron chi connectivity index (χ3n) is 2.54. The Morgan fingerprint density at radius 3 is 2.94 bits per heavy atom. The van der Waals surface area contributed by atoms with Crippen molar-refractivity contribution in [3.63, 3.8) is 0 Å². The zero-order chi connectivity index (χ0) is 12.7. The van der Waals surface area contributed by atoms with Crippen LogP contribution < -0.4 is 5.73 Å². The molecule has 0 fully saturated rings. The number of hydrogen-bond acceptors (Lipinski definition) is 5. The lowest BCUT2D eigenvalue weighted by molar-refractivity contribution is 0.419. The molecular formula is C12H10FN3OS. The van der Waals surface area contributed by atoms with Crippen LogP contribution in [-0.2, 0) is 0 Å². The first-order valence-electron chi connectivity index (χ1n) is 5.42. The van der Waals surface area contributed by atoms with Crippen LogP contribution in [0.4, 0.5) is 4.39 Å².